The Bertz CT molecular complexity index is 623. The zero-order valence-electron chi connectivity index (χ0n) is 12.2. The summed E-state index contributed by atoms with van der Waals surface area (Å²) in [7, 11) is -0.0438. The van der Waals surface area contributed by atoms with Crippen LogP contribution in [-0.4, -0.2) is 34.1 Å². The second kappa shape index (κ2) is 5.69. The van der Waals surface area contributed by atoms with Crippen molar-refractivity contribution in [3.63, 3.8) is 0 Å². The number of ether oxygens (including phenoxy) is 1. The monoisotopic (exact) mass is 274 g/mol. The Balaban J connectivity index is 2.34. The predicted octanol–water partition coefficient (Wildman–Crippen LogP) is 0.545. The number of methoxy groups -OCH3 is 1. The highest BCUT2D eigenvalue weighted by molar-refractivity contribution is 6.59. The van der Waals surface area contributed by atoms with Crippen molar-refractivity contribution in [2.45, 2.75) is 27.3 Å². The maximum absolute atomic E-state index is 9.38. The van der Waals surface area contributed by atoms with E-state index < -0.39 is 7.12 Å². The molecule has 0 aliphatic rings. The van der Waals surface area contributed by atoms with Crippen LogP contribution in [0.4, 0.5) is 0 Å². The van der Waals surface area contributed by atoms with Gasteiger partial charge < -0.3 is 14.8 Å². The SMILES string of the molecule is COc1ccc(Cn2nc(C)c(C)c2C)cc1B(O)O. The lowest BCUT2D eigenvalue weighted by molar-refractivity contribution is 0.403. The van der Waals surface area contributed by atoms with E-state index in [-0.39, 0.29) is 0 Å². The third-order valence-electron chi connectivity index (χ3n) is 3.65. The third-order valence-corrected chi connectivity index (χ3v) is 3.65. The van der Waals surface area contributed by atoms with Crippen molar-refractivity contribution < 1.29 is 14.8 Å². The molecule has 0 saturated carbocycles. The number of nitrogens with zero attached hydrogens (tertiary/aromatic N) is 2. The zero-order chi connectivity index (χ0) is 14.9. The molecule has 0 saturated heterocycles. The molecule has 1 aromatic heterocycles. The van der Waals surface area contributed by atoms with Crippen LogP contribution in [0.2, 0.25) is 0 Å². The average Bonchev–Trinajstić information content (AvgIpc) is 2.66. The smallest absolute Gasteiger partial charge is 0.492 e. The van der Waals surface area contributed by atoms with Crippen LogP contribution in [-0.2, 0) is 6.54 Å². The molecule has 20 heavy (non-hydrogen) atoms. The van der Waals surface area contributed by atoms with Crippen LogP contribution in [0.3, 0.4) is 0 Å². The average molecular weight is 274 g/mol. The maximum Gasteiger partial charge on any atom is 0.492 e. The van der Waals surface area contributed by atoms with E-state index in [1.165, 1.54) is 12.7 Å². The number of benzene rings is 1. The largest absolute Gasteiger partial charge is 0.497 e. The summed E-state index contributed by atoms with van der Waals surface area (Å²) >= 11 is 0. The fourth-order valence-electron chi connectivity index (χ4n) is 2.20. The van der Waals surface area contributed by atoms with Crippen molar-refractivity contribution in [1.82, 2.24) is 9.78 Å². The molecule has 0 unspecified atom stereocenters. The third kappa shape index (κ3) is 2.71. The summed E-state index contributed by atoms with van der Waals surface area (Å²) in [6, 6.07) is 5.37. The lowest BCUT2D eigenvalue weighted by atomic mass is 9.78. The van der Waals surface area contributed by atoms with E-state index in [9.17, 15) is 10.0 Å². The molecule has 0 spiro atoms. The molecule has 0 atom stereocenters. The molecule has 5 nitrogen and oxygen atoms in total. The Morgan fingerprint density at radius 2 is 1.95 bits per heavy atom. The highest BCUT2D eigenvalue weighted by atomic mass is 16.5. The fourth-order valence-corrected chi connectivity index (χ4v) is 2.20. The summed E-state index contributed by atoms with van der Waals surface area (Å²) in [4.78, 5) is 0. The van der Waals surface area contributed by atoms with Crippen molar-refractivity contribution in [2.75, 3.05) is 7.11 Å². The first-order valence-electron chi connectivity index (χ1n) is 6.47. The standard InChI is InChI=1S/C14H19BN2O3/c1-9-10(2)16-17(11(9)3)8-12-5-6-14(20-4)13(7-12)15(18)19/h5-7,18-19H,8H2,1-4H3. The van der Waals surface area contributed by atoms with E-state index in [0.29, 0.717) is 17.8 Å². The molecule has 0 aliphatic heterocycles. The molecule has 0 fully saturated rings. The summed E-state index contributed by atoms with van der Waals surface area (Å²) in [6.45, 7) is 6.64. The molecule has 2 N–H and O–H groups in total. The van der Waals surface area contributed by atoms with Gasteiger partial charge in [-0.3, -0.25) is 4.68 Å². The van der Waals surface area contributed by atoms with Gasteiger partial charge in [-0.05, 0) is 38.0 Å². The molecule has 2 aromatic rings. The van der Waals surface area contributed by atoms with Gasteiger partial charge in [-0.1, -0.05) is 12.1 Å². The van der Waals surface area contributed by atoms with Gasteiger partial charge in [0.2, 0.25) is 0 Å². The lowest BCUT2D eigenvalue weighted by Crippen LogP contribution is -2.31. The summed E-state index contributed by atoms with van der Waals surface area (Å²) < 4.78 is 7.03. The van der Waals surface area contributed by atoms with Crippen molar-refractivity contribution in [1.29, 1.82) is 0 Å². The van der Waals surface area contributed by atoms with E-state index in [4.69, 9.17) is 4.74 Å². The van der Waals surface area contributed by atoms with Crippen molar-refractivity contribution in [3.05, 3.63) is 40.7 Å². The first-order chi connectivity index (χ1) is 9.43. The first kappa shape index (κ1) is 14.6. The minimum Gasteiger partial charge on any atom is -0.497 e. The van der Waals surface area contributed by atoms with Crippen LogP contribution in [0.1, 0.15) is 22.5 Å². The zero-order valence-corrected chi connectivity index (χ0v) is 12.2. The minimum atomic E-state index is -1.55. The summed E-state index contributed by atoms with van der Waals surface area (Å²) in [5.41, 5.74) is 4.62. The van der Waals surface area contributed by atoms with Crippen LogP contribution >= 0.6 is 0 Å². The Morgan fingerprint density at radius 3 is 2.45 bits per heavy atom. The van der Waals surface area contributed by atoms with Gasteiger partial charge in [-0.25, -0.2) is 0 Å². The normalized spacial score (nSPS) is 10.7. The molecule has 0 aliphatic carbocycles. The molecular weight excluding hydrogens is 255 g/mol. The first-order valence-corrected chi connectivity index (χ1v) is 6.47. The van der Waals surface area contributed by atoms with Gasteiger partial charge in [0.25, 0.3) is 0 Å². The quantitative estimate of drug-likeness (QED) is 0.799. The second-order valence-electron chi connectivity index (χ2n) is 4.90. The maximum atomic E-state index is 9.38. The number of hydrogen-bond acceptors (Lipinski definition) is 4. The van der Waals surface area contributed by atoms with Gasteiger partial charge >= 0.3 is 7.12 Å². The molecular formula is C14H19BN2O3. The molecule has 0 amide bonds. The molecule has 0 bridgehead atoms. The van der Waals surface area contributed by atoms with E-state index in [0.717, 1.165) is 17.0 Å². The molecule has 106 valence electrons. The van der Waals surface area contributed by atoms with Crippen LogP contribution in [0.5, 0.6) is 5.75 Å². The van der Waals surface area contributed by atoms with Gasteiger partial charge in [0, 0.05) is 11.2 Å². The van der Waals surface area contributed by atoms with Crippen LogP contribution < -0.4 is 10.2 Å². The van der Waals surface area contributed by atoms with Gasteiger partial charge in [-0.15, -0.1) is 0 Å². The van der Waals surface area contributed by atoms with Gasteiger partial charge in [0.15, 0.2) is 0 Å². The number of rotatable bonds is 4. The topological polar surface area (TPSA) is 67.5 Å². The van der Waals surface area contributed by atoms with Crippen molar-refractivity contribution in [2.24, 2.45) is 0 Å². The fraction of sp³-hybridized carbons (Fsp3) is 0.357. The second-order valence-corrected chi connectivity index (χ2v) is 4.90. The van der Waals surface area contributed by atoms with E-state index in [1.807, 2.05) is 31.5 Å². The highest BCUT2D eigenvalue weighted by Crippen LogP contribution is 2.15. The Labute approximate surface area is 119 Å². The van der Waals surface area contributed by atoms with Crippen LogP contribution in [0, 0.1) is 20.8 Å². The van der Waals surface area contributed by atoms with Crippen molar-refractivity contribution >= 4 is 12.6 Å². The van der Waals surface area contributed by atoms with E-state index >= 15 is 0 Å². The molecule has 6 heteroatoms. The Morgan fingerprint density at radius 1 is 1.25 bits per heavy atom. The van der Waals surface area contributed by atoms with E-state index in [1.54, 1.807) is 12.1 Å². The van der Waals surface area contributed by atoms with Crippen LogP contribution in [0.25, 0.3) is 0 Å². The Hall–Kier alpha value is -1.79. The molecule has 2 rings (SSSR count). The predicted molar refractivity (Wildman–Crippen MR) is 78.4 cm³/mol. The van der Waals surface area contributed by atoms with Gasteiger partial charge in [0.1, 0.15) is 5.75 Å². The molecule has 1 aromatic carbocycles. The molecule has 0 radical (unpaired) electrons. The van der Waals surface area contributed by atoms with Gasteiger partial charge in [0.05, 0.1) is 19.3 Å². The summed E-state index contributed by atoms with van der Waals surface area (Å²) in [5.74, 6) is 0.466. The minimum absolute atomic E-state index is 0.364. The summed E-state index contributed by atoms with van der Waals surface area (Å²) in [5, 5.41) is 23.2. The molecule has 1 heterocycles. The number of hydrogen-bond donors (Lipinski definition) is 2. The summed E-state index contributed by atoms with van der Waals surface area (Å²) in [6.07, 6.45) is 0. The van der Waals surface area contributed by atoms with Gasteiger partial charge in [-0.2, -0.15) is 5.10 Å². The number of aromatic nitrogens is 2. The van der Waals surface area contributed by atoms with Crippen LogP contribution in [0.15, 0.2) is 18.2 Å². The van der Waals surface area contributed by atoms with Crippen molar-refractivity contribution in [3.8, 4) is 5.75 Å². The Kier molecular flexibility index (Phi) is 4.16. The van der Waals surface area contributed by atoms with E-state index in [2.05, 4.69) is 5.10 Å². The lowest BCUT2D eigenvalue weighted by Gasteiger charge is -2.11. The number of aryl methyl sites for hydroxylation is 1. The highest BCUT2D eigenvalue weighted by Gasteiger charge is 2.18.